The standard InChI is InChI=1S/C14H18ClNO2/c1-4-16-7-13-12(8-17-3)11-6-10(15)5-9(2)14(11)18-13/h5-6,16H,4,7-8H2,1-3H3. The van der Waals surface area contributed by atoms with Crippen LogP contribution in [-0.4, -0.2) is 13.7 Å². The minimum Gasteiger partial charge on any atom is -0.459 e. The van der Waals surface area contributed by atoms with Crippen molar-refractivity contribution in [1.82, 2.24) is 5.32 Å². The van der Waals surface area contributed by atoms with E-state index < -0.39 is 0 Å². The van der Waals surface area contributed by atoms with Gasteiger partial charge in [-0.2, -0.15) is 0 Å². The Kier molecular flexibility index (Phi) is 4.27. The van der Waals surface area contributed by atoms with Crippen LogP contribution in [0, 0.1) is 6.92 Å². The van der Waals surface area contributed by atoms with E-state index in [-0.39, 0.29) is 0 Å². The molecule has 0 unspecified atom stereocenters. The van der Waals surface area contributed by atoms with Gasteiger partial charge in [0, 0.05) is 23.1 Å². The van der Waals surface area contributed by atoms with Crippen molar-refractivity contribution in [3.8, 4) is 0 Å². The van der Waals surface area contributed by atoms with E-state index in [1.165, 1.54) is 0 Å². The van der Waals surface area contributed by atoms with Crippen molar-refractivity contribution in [2.75, 3.05) is 13.7 Å². The van der Waals surface area contributed by atoms with Gasteiger partial charge in [-0.1, -0.05) is 18.5 Å². The highest BCUT2D eigenvalue weighted by molar-refractivity contribution is 6.31. The Morgan fingerprint density at radius 3 is 2.83 bits per heavy atom. The predicted molar refractivity (Wildman–Crippen MR) is 74.1 cm³/mol. The summed E-state index contributed by atoms with van der Waals surface area (Å²) in [6, 6.07) is 3.86. The van der Waals surface area contributed by atoms with E-state index in [9.17, 15) is 0 Å². The Hall–Kier alpha value is -1.03. The third-order valence-corrected chi connectivity index (χ3v) is 3.17. The highest BCUT2D eigenvalue weighted by Crippen LogP contribution is 2.31. The average molecular weight is 268 g/mol. The molecule has 1 aromatic heterocycles. The molecule has 98 valence electrons. The van der Waals surface area contributed by atoms with Crippen LogP contribution in [0.3, 0.4) is 0 Å². The van der Waals surface area contributed by atoms with Gasteiger partial charge in [-0.3, -0.25) is 0 Å². The molecule has 0 aliphatic heterocycles. The van der Waals surface area contributed by atoms with Gasteiger partial charge in [-0.15, -0.1) is 0 Å². The summed E-state index contributed by atoms with van der Waals surface area (Å²) in [5.41, 5.74) is 3.04. The van der Waals surface area contributed by atoms with Crippen LogP contribution in [0.25, 0.3) is 11.0 Å². The first-order valence-electron chi connectivity index (χ1n) is 6.07. The molecule has 18 heavy (non-hydrogen) atoms. The third kappa shape index (κ3) is 2.53. The normalized spacial score (nSPS) is 11.3. The lowest BCUT2D eigenvalue weighted by atomic mass is 10.1. The Balaban J connectivity index is 2.55. The van der Waals surface area contributed by atoms with Crippen LogP contribution >= 0.6 is 11.6 Å². The molecule has 1 aromatic carbocycles. The Morgan fingerprint density at radius 2 is 2.17 bits per heavy atom. The Morgan fingerprint density at radius 1 is 1.39 bits per heavy atom. The number of rotatable bonds is 5. The molecule has 0 saturated carbocycles. The summed E-state index contributed by atoms with van der Waals surface area (Å²) in [6.07, 6.45) is 0. The van der Waals surface area contributed by atoms with Crippen molar-refractivity contribution in [3.05, 3.63) is 34.0 Å². The number of benzene rings is 1. The number of fused-ring (bicyclic) bond motifs is 1. The van der Waals surface area contributed by atoms with E-state index in [2.05, 4.69) is 12.2 Å². The van der Waals surface area contributed by atoms with Gasteiger partial charge in [0.2, 0.25) is 0 Å². The first-order chi connectivity index (χ1) is 8.67. The van der Waals surface area contributed by atoms with E-state index in [4.69, 9.17) is 20.8 Å². The molecule has 0 fully saturated rings. The van der Waals surface area contributed by atoms with E-state index in [1.54, 1.807) is 7.11 Å². The lowest BCUT2D eigenvalue weighted by Gasteiger charge is -2.02. The van der Waals surface area contributed by atoms with E-state index in [0.29, 0.717) is 13.2 Å². The van der Waals surface area contributed by atoms with Crippen LogP contribution in [0.2, 0.25) is 5.02 Å². The van der Waals surface area contributed by atoms with Gasteiger partial charge in [0.25, 0.3) is 0 Å². The summed E-state index contributed by atoms with van der Waals surface area (Å²) >= 11 is 6.11. The minimum absolute atomic E-state index is 0.535. The van der Waals surface area contributed by atoms with E-state index in [1.807, 2.05) is 19.1 Å². The van der Waals surface area contributed by atoms with Gasteiger partial charge < -0.3 is 14.5 Å². The smallest absolute Gasteiger partial charge is 0.137 e. The first-order valence-corrected chi connectivity index (χ1v) is 6.45. The number of nitrogens with one attached hydrogen (secondary N) is 1. The maximum atomic E-state index is 6.11. The van der Waals surface area contributed by atoms with E-state index in [0.717, 1.165) is 39.4 Å². The van der Waals surface area contributed by atoms with Crippen molar-refractivity contribution >= 4 is 22.6 Å². The summed E-state index contributed by atoms with van der Waals surface area (Å²) in [6.45, 7) is 6.23. The molecule has 2 aromatic rings. The number of ether oxygens (including phenoxy) is 1. The molecule has 2 rings (SSSR count). The number of hydrogen-bond acceptors (Lipinski definition) is 3. The molecule has 3 nitrogen and oxygen atoms in total. The number of halogens is 1. The zero-order chi connectivity index (χ0) is 13.1. The zero-order valence-corrected chi connectivity index (χ0v) is 11.7. The van der Waals surface area contributed by atoms with Crippen LogP contribution in [0.15, 0.2) is 16.5 Å². The molecule has 1 heterocycles. The van der Waals surface area contributed by atoms with Crippen molar-refractivity contribution < 1.29 is 9.15 Å². The number of aryl methyl sites for hydroxylation is 1. The summed E-state index contributed by atoms with van der Waals surface area (Å²) in [5.74, 6) is 0.930. The summed E-state index contributed by atoms with van der Waals surface area (Å²) in [7, 11) is 1.69. The second-order valence-electron chi connectivity index (χ2n) is 4.32. The molecule has 0 bridgehead atoms. The molecule has 0 aliphatic carbocycles. The lowest BCUT2D eigenvalue weighted by molar-refractivity contribution is 0.183. The second-order valence-corrected chi connectivity index (χ2v) is 4.75. The highest BCUT2D eigenvalue weighted by Gasteiger charge is 2.15. The molecule has 0 spiro atoms. The topological polar surface area (TPSA) is 34.4 Å². The average Bonchev–Trinajstić information content (AvgIpc) is 2.66. The summed E-state index contributed by atoms with van der Waals surface area (Å²) in [4.78, 5) is 0. The SMILES string of the molecule is CCNCc1oc2c(C)cc(Cl)cc2c1COC. The van der Waals surface area contributed by atoms with Crippen molar-refractivity contribution in [2.45, 2.75) is 27.0 Å². The molecule has 0 amide bonds. The molecular weight excluding hydrogens is 250 g/mol. The van der Waals surface area contributed by atoms with Gasteiger partial charge in [-0.25, -0.2) is 0 Å². The Labute approximate surface area is 112 Å². The Bertz CT molecular complexity index is 548. The maximum absolute atomic E-state index is 6.11. The summed E-state index contributed by atoms with van der Waals surface area (Å²) in [5, 5.41) is 5.06. The number of hydrogen-bond donors (Lipinski definition) is 1. The fourth-order valence-corrected chi connectivity index (χ4v) is 2.38. The maximum Gasteiger partial charge on any atom is 0.137 e. The predicted octanol–water partition coefficient (Wildman–Crippen LogP) is 3.65. The minimum atomic E-state index is 0.535. The molecular formula is C14H18ClNO2. The van der Waals surface area contributed by atoms with E-state index >= 15 is 0 Å². The number of methoxy groups -OCH3 is 1. The second kappa shape index (κ2) is 5.74. The van der Waals surface area contributed by atoms with Crippen LogP contribution < -0.4 is 5.32 Å². The lowest BCUT2D eigenvalue weighted by Crippen LogP contribution is -2.12. The molecule has 0 atom stereocenters. The molecule has 4 heteroatoms. The molecule has 0 aliphatic rings. The highest BCUT2D eigenvalue weighted by atomic mass is 35.5. The van der Waals surface area contributed by atoms with Gasteiger partial charge in [0.05, 0.1) is 13.2 Å². The van der Waals surface area contributed by atoms with Crippen molar-refractivity contribution in [2.24, 2.45) is 0 Å². The third-order valence-electron chi connectivity index (χ3n) is 2.95. The van der Waals surface area contributed by atoms with Crippen LogP contribution in [-0.2, 0) is 17.9 Å². The van der Waals surface area contributed by atoms with Gasteiger partial charge in [-0.05, 0) is 31.2 Å². The van der Waals surface area contributed by atoms with Crippen LogP contribution in [0.4, 0.5) is 0 Å². The van der Waals surface area contributed by atoms with Crippen molar-refractivity contribution in [3.63, 3.8) is 0 Å². The van der Waals surface area contributed by atoms with Crippen LogP contribution in [0.5, 0.6) is 0 Å². The van der Waals surface area contributed by atoms with Gasteiger partial charge in [0.15, 0.2) is 0 Å². The quantitative estimate of drug-likeness (QED) is 0.898. The zero-order valence-electron chi connectivity index (χ0n) is 11.0. The largest absolute Gasteiger partial charge is 0.459 e. The molecule has 0 radical (unpaired) electrons. The fraction of sp³-hybridized carbons (Fsp3) is 0.429. The van der Waals surface area contributed by atoms with Gasteiger partial charge in [0.1, 0.15) is 11.3 Å². The number of furan rings is 1. The first kappa shape index (κ1) is 13.4. The summed E-state index contributed by atoms with van der Waals surface area (Å²) < 4.78 is 11.2. The molecule has 0 saturated heterocycles. The van der Waals surface area contributed by atoms with Crippen LogP contribution in [0.1, 0.15) is 23.8 Å². The van der Waals surface area contributed by atoms with Crippen molar-refractivity contribution in [1.29, 1.82) is 0 Å². The fourth-order valence-electron chi connectivity index (χ4n) is 2.11. The molecule has 1 N–H and O–H groups in total. The van der Waals surface area contributed by atoms with Gasteiger partial charge >= 0.3 is 0 Å². The monoisotopic (exact) mass is 267 g/mol.